The maximum absolute atomic E-state index is 9.31. The van der Waals surface area contributed by atoms with Crippen LogP contribution in [-0.2, 0) is 6.54 Å². The molecule has 0 saturated carbocycles. The van der Waals surface area contributed by atoms with Crippen molar-refractivity contribution in [2.75, 3.05) is 13.2 Å². The number of aliphatic hydroxyl groups is 1. The molecule has 2 aromatic rings. The second-order valence-electron chi connectivity index (χ2n) is 4.61. The Kier molecular flexibility index (Phi) is 5.29. The van der Waals surface area contributed by atoms with Gasteiger partial charge in [-0.1, -0.05) is 42.5 Å². The van der Waals surface area contributed by atoms with Gasteiger partial charge in [-0.2, -0.15) is 0 Å². The number of aromatic nitrogens is 1. The zero-order valence-electron chi connectivity index (χ0n) is 11.2. The maximum atomic E-state index is 9.31. The van der Waals surface area contributed by atoms with Crippen LogP contribution >= 0.6 is 12.2 Å². The fourth-order valence-corrected chi connectivity index (χ4v) is 2.57. The van der Waals surface area contributed by atoms with Crippen molar-refractivity contribution in [3.8, 4) is 0 Å². The van der Waals surface area contributed by atoms with Crippen LogP contribution in [-0.4, -0.2) is 33.1 Å². The summed E-state index contributed by atoms with van der Waals surface area (Å²) in [5.41, 5.74) is 8.01. The van der Waals surface area contributed by atoms with Gasteiger partial charge in [0.15, 0.2) is 0 Å². The number of hydrogen-bond donors (Lipinski definition) is 3. The van der Waals surface area contributed by atoms with Gasteiger partial charge in [-0.05, 0) is 17.7 Å². The molecule has 4 N–H and O–H groups in total. The Labute approximate surface area is 124 Å². The molecule has 20 heavy (non-hydrogen) atoms. The van der Waals surface area contributed by atoms with E-state index in [2.05, 4.69) is 22.0 Å². The van der Waals surface area contributed by atoms with Crippen molar-refractivity contribution >= 4 is 17.2 Å². The molecule has 1 aromatic carbocycles. The minimum Gasteiger partial charge on any atom is -0.395 e. The topological polar surface area (TPSA) is 65.3 Å². The fourth-order valence-electron chi connectivity index (χ4n) is 2.29. The van der Waals surface area contributed by atoms with Gasteiger partial charge in [0.25, 0.3) is 0 Å². The van der Waals surface area contributed by atoms with Crippen molar-refractivity contribution in [2.24, 2.45) is 5.73 Å². The zero-order chi connectivity index (χ0) is 14.4. The molecule has 1 heterocycles. The van der Waals surface area contributed by atoms with Gasteiger partial charge in [-0.25, -0.2) is 0 Å². The normalized spacial score (nSPS) is 12.5. The third-order valence-corrected chi connectivity index (χ3v) is 3.39. The Morgan fingerprint density at radius 1 is 1.25 bits per heavy atom. The van der Waals surface area contributed by atoms with Gasteiger partial charge in [0, 0.05) is 25.0 Å². The molecule has 2 rings (SSSR count). The summed E-state index contributed by atoms with van der Waals surface area (Å²) in [7, 11) is 0. The molecule has 0 saturated heterocycles. The van der Waals surface area contributed by atoms with E-state index >= 15 is 0 Å². The lowest BCUT2D eigenvalue weighted by Gasteiger charge is -2.30. The minimum absolute atomic E-state index is 0.0622. The maximum Gasteiger partial charge on any atom is 0.101 e. The molecule has 1 unspecified atom stereocenters. The van der Waals surface area contributed by atoms with E-state index in [1.807, 2.05) is 36.5 Å². The second-order valence-corrected chi connectivity index (χ2v) is 5.08. The molecule has 1 aromatic heterocycles. The lowest BCUT2D eigenvalue weighted by molar-refractivity contribution is 0.171. The van der Waals surface area contributed by atoms with Crippen LogP contribution in [0, 0.1) is 0 Å². The summed E-state index contributed by atoms with van der Waals surface area (Å²) in [6.07, 6.45) is 1.85. The molecular weight excluding hydrogens is 270 g/mol. The van der Waals surface area contributed by atoms with E-state index in [0.717, 1.165) is 11.3 Å². The summed E-state index contributed by atoms with van der Waals surface area (Å²) in [6, 6.07) is 13.8. The van der Waals surface area contributed by atoms with E-state index in [0.29, 0.717) is 18.1 Å². The van der Waals surface area contributed by atoms with Gasteiger partial charge in [-0.15, -0.1) is 0 Å². The summed E-state index contributed by atoms with van der Waals surface area (Å²) in [6.45, 7) is 1.25. The van der Waals surface area contributed by atoms with Gasteiger partial charge in [0.2, 0.25) is 0 Å². The Bertz CT molecular complexity index is 527. The van der Waals surface area contributed by atoms with Crippen molar-refractivity contribution < 1.29 is 5.11 Å². The smallest absolute Gasteiger partial charge is 0.101 e. The zero-order valence-corrected chi connectivity index (χ0v) is 12.0. The predicted octanol–water partition coefficient (Wildman–Crippen LogP) is 1.84. The van der Waals surface area contributed by atoms with Gasteiger partial charge >= 0.3 is 0 Å². The molecule has 0 aliphatic carbocycles. The van der Waals surface area contributed by atoms with E-state index in [1.54, 1.807) is 0 Å². The first kappa shape index (κ1) is 14.7. The van der Waals surface area contributed by atoms with Gasteiger partial charge in [0.1, 0.15) is 6.04 Å². The van der Waals surface area contributed by atoms with E-state index in [1.165, 1.54) is 0 Å². The van der Waals surface area contributed by atoms with Crippen molar-refractivity contribution in [1.82, 2.24) is 9.88 Å². The Hall–Kier alpha value is -1.69. The quantitative estimate of drug-likeness (QED) is 0.681. The molecule has 1 atom stereocenters. The number of benzene rings is 1. The van der Waals surface area contributed by atoms with Crippen LogP contribution < -0.4 is 5.73 Å². The minimum atomic E-state index is -0.202. The highest BCUT2D eigenvalue weighted by Gasteiger charge is 2.23. The summed E-state index contributed by atoms with van der Waals surface area (Å²) < 4.78 is 0. The molecular formula is C15H19N3OS. The SMILES string of the molecule is NC(=S)C(c1ccc[nH]1)N(CCO)Cc1ccccc1. The molecule has 4 nitrogen and oxygen atoms in total. The molecule has 0 aliphatic heterocycles. The summed E-state index contributed by atoms with van der Waals surface area (Å²) in [5, 5.41) is 9.31. The van der Waals surface area contributed by atoms with Crippen LogP contribution in [0.25, 0.3) is 0 Å². The number of aromatic amines is 1. The van der Waals surface area contributed by atoms with Crippen LogP contribution in [0.15, 0.2) is 48.7 Å². The average molecular weight is 289 g/mol. The number of aliphatic hydroxyl groups excluding tert-OH is 1. The van der Waals surface area contributed by atoms with Gasteiger partial charge in [-0.3, -0.25) is 4.90 Å². The Morgan fingerprint density at radius 3 is 2.55 bits per heavy atom. The third-order valence-electron chi connectivity index (χ3n) is 3.17. The number of thiocarbonyl (C=S) groups is 1. The summed E-state index contributed by atoms with van der Waals surface area (Å²) in [5.74, 6) is 0. The van der Waals surface area contributed by atoms with E-state index in [4.69, 9.17) is 18.0 Å². The summed E-state index contributed by atoms with van der Waals surface area (Å²) >= 11 is 5.21. The lowest BCUT2D eigenvalue weighted by Crippen LogP contribution is -2.38. The van der Waals surface area contributed by atoms with E-state index < -0.39 is 0 Å². The molecule has 0 amide bonds. The number of nitrogens with one attached hydrogen (secondary N) is 1. The molecule has 5 heteroatoms. The van der Waals surface area contributed by atoms with E-state index in [-0.39, 0.29) is 12.6 Å². The van der Waals surface area contributed by atoms with Crippen molar-refractivity contribution in [3.05, 3.63) is 59.9 Å². The van der Waals surface area contributed by atoms with Crippen LogP contribution in [0.3, 0.4) is 0 Å². The number of rotatable bonds is 7. The highest BCUT2D eigenvalue weighted by Crippen LogP contribution is 2.21. The molecule has 0 spiro atoms. The van der Waals surface area contributed by atoms with Crippen LogP contribution in [0.1, 0.15) is 17.3 Å². The average Bonchev–Trinajstić information content (AvgIpc) is 2.93. The first-order valence-corrected chi connectivity index (χ1v) is 6.94. The molecule has 106 valence electrons. The number of nitrogens with two attached hydrogens (primary N) is 1. The van der Waals surface area contributed by atoms with Crippen molar-refractivity contribution in [3.63, 3.8) is 0 Å². The standard InChI is InChI=1S/C15H19N3OS/c16-15(20)14(13-7-4-8-17-13)18(9-10-19)11-12-5-2-1-3-6-12/h1-8,14,17,19H,9-11H2,(H2,16,20). The molecule has 0 radical (unpaired) electrons. The van der Waals surface area contributed by atoms with Gasteiger partial charge < -0.3 is 15.8 Å². The molecule has 0 aliphatic rings. The molecule has 0 bridgehead atoms. The summed E-state index contributed by atoms with van der Waals surface area (Å²) in [4.78, 5) is 5.63. The second kappa shape index (κ2) is 7.19. The van der Waals surface area contributed by atoms with Crippen molar-refractivity contribution in [1.29, 1.82) is 0 Å². The molecule has 0 fully saturated rings. The number of H-pyrrole nitrogens is 1. The van der Waals surface area contributed by atoms with Crippen LogP contribution in [0.2, 0.25) is 0 Å². The van der Waals surface area contributed by atoms with Gasteiger partial charge in [0.05, 0.1) is 11.6 Å². The third kappa shape index (κ3) is 3.66. The number of nitrogens with zero attached hydrogens (tertiary/aromatic N) is 1. The van der Waals surface area contributed by atoms with Crippen molar-refractivity contribution in [2.45, 2.75) is 12.6 Å². The number of hydrogen-bond acceptors (Lipinski definition) is 3. The first-order chi connectivity index (χ1) is 9.72. The highest BCUT2D eigenvalue weighted by molar-refractivity contribution is 7.80. The highest BCUT2D eigenvalue weighted by atomic mass is 32.1. The van der Waals surface area contributed by atoms with Crippen LogP contribution in [0.5, 0.6) is 0 Å². The monoisotopic (exact) mass is 289 g/mol. The Morgan fingerprint density at radius 2 is 2.00 bits per heavy atom. The van der Waals surface area contributed by atoms with E-state index in [9.17, 15) is 5.11 Å². The lowest BCUT2D eigenvalue weighted by atomic mass is 10.1. The largest absolute Gasteiger partial charge is 0.395 e. The fraction of sp³-hybridized carbons (Fsp3) is 0.267. The van der Waals surface area contributed by atoms with Crippen LogP contribution in [0.4, 0.5) is 0 Å². The first-order valence-electron chi connectivity index (χ1n) is 6.54. The Balaban J connectivity index is 2.23. The predicted molar refractivity (Wildman–Crippen MR) is 84.3 cm³/mol.